The number of rotatable bonds is 6. The Kier molecular flexibility index (Phi) is 6.74. The number of hydrogen-bond acceptors (Lipinski definition) is 2. The SMILES string of the molecule is CC(C)SCC[C@@H](N)CC1CCCCC1. The average Bonchev–Trinajstić information content (AvgIpc) is 2.18. The molecule has 0 unspecified atom stereocenters. The predicted octanol–water partition coefficient (Wildman–Crippen LogP) is 3.82. The molecule has 0 aromatic rings. The summed E-state index contributed by atoms with van der Waals surface area (Å²) in [5, 5.41) is 0.756. The number of thioether (sulfide) groups is 1. The number of nitrogens with two attached hydrogens (primary N) is 1. The fourth-order valence-corrected chi connectivity index (χ4v) is 3.33. The Morgan fingerprint density at radius 2 is 1.87 bits per heavy atom. The van der Waals surface area contributed by atoms with Crippen LogP contribution in [0.2, 0.25) is 0 Å². The summed E-state index contributed by atoms with van der Waals surface area (Å²) in [6, 6.07) is 0.458. The van der Waals surface area contributed by atoms with Gasteiger partial charge in [-0.05, 0) is 29.8 Å². The maximum absolute atomic E-state index is 6.18. The van der Waals surface area contributed by atoms with Gasteiger partial charge in [-0.2, -0.15) is 11.8 Å². The van der Waals surface area contributed by atoms with Crippen LogP contribution in [-0.4, -0.2) is 17.0 Å². The molecular formula is C13H27NS. The molecular weight excluding hydrogens is 202 g/mol. The summed E-state index contributed by atoms with van der Waals surface area (Å²) in [6.07, 6.45) is 9.69. The van der Waals surface area contributed by atoms with E-state index >= 15 is 0 Å². The van der Waals surface area contributed by atoms with E-state index in [-0.39, 0.29) is 0 Å². The monoisotopic (exact) mass is 229 g/mol. The van der Waals surface area contributed by atoms with Crippen molar-refractivity contribution in [3.8, 4) is 0 Å². The summed E-state index contributed by atoms with van der Waals surface area (Å²) in [4.78, 5) is 0. The van der Waals surface area contributed by atoms with Crippen LogP contribution >= 0.6 is 11.8 Å². The van der Waals surface area contributed by atoms with Crippen molar-refractivity contribution in [2.24, 2.45) is 11.7 Å². The smallest absolute Gasteiger partial charge is 0.00493 e. The maximum Gasteiger partial charge on any atom is 0.00493 e. The molecule has 1 aliphatic carbocycles. The first-order valence-corrected chi connectivity index (χ1v) is 7.60. The molecule has 0 saturated heterocycles. The topological polar surface area (TPSA) is 26.0 Å². The molecule has 0 heterocycles. The van der Waals surface area contributed by atoms with Crippen LogP contribution in [0.5, 0.6) is 0 Å². The maximum atomic E-state index is 6.18. The van der Waals surface area contributed by atoms with Crippen LogP contribution in [0.4, 0.5) is 0 Å². The van der Waals surface area contributed by atoms with E-state index in [0.717, 1.165) is 11.2 Å². The molecule has 90 valence electrons. The first-order valence-electron chi connectivity index (χ1n) is 6.55. The van der Waals surface area contributed by atoms with Gasteiger partial charge in [0.15, 0.2) is 0 Å². The van der Waals surface area contributed by atoms with Gasteiger partial charge >= 0.3 is 0 Å². The first kappa shape index (κ1) is 13.4. The van der Waals surface area contributed by atoms with Crippen LogP contribution in [0, 0.1) is 5.92 Å². The molecule has 1 rings (SSSR count). The van der Waals surface area contributed by atoms with E-state index in [4.69, 9.17) is 5.73 Å². The van der Waals surface area contributed by atoms with E-state index in [9.17, 15) is 0 Å². The zero-order valence-corrected chi connectivity index (χ0v) is 11.2. The van der Waals surface area contributed by atoms with Crippen LogP contribution in [0.3, 0.4) is 0 Å². The second-order valence-electron chi connectivity index (χ2n) is 5.21. The van der Waals surface area contributed by atoms with Crippen molar-refractivity contribution in [1.29, 1.82) is 0 Å². The van der Waals surface area contributed by atoms with Crippen molar-refractivity contribution in [3.63, 3.8) is 0 Å². The summed E-state index contributed by atoms with van der Waals surface area (Å²) in [7, 11) is 0. The van der Waals surface area contributed by atoms with E-state index in [2.05, 4.69) is 13.8 Å². The van der Waals surface area contributed by atoms with E-state index in [1.54, 1.807) is 0 Å². The van der Waals surface area contributed by atoms with Crippen molar-refractivity contribution in [3.05, 3.63) is 0 Å². The van der Waals surface area contributed by atoms with Crippen LogP contribution in [0.15, 0.2) is 0 Å². The Bertz CT molecular complexity index is 153. The molecule has 0 aromatic carbocycles. The molecule has 0 aliphatic heterocycles. The Morgan fingerprint density at radius 1 is 1.20 bits per heavy atom. The Morgan fingerprint density at radius 3 is 2.47 bits per heavy atom. The van der Waals surface area contributed by atoms with Gasteiger partial charge in [-0.1, -0.05) is 46.0 Å². The standard InChI is InChI=1S/C13H27NS/c1-11(2)15-9-8-13(14)10-12-6-4-3-5-7-12/h11-13H,3-10,14H2,1-2H3/t13-/m1/s1. The molecule has 0 amide bonds. The van der Waals surface area contributed by atoms with Gasteiger partial charge < -0.3 is 5.73 Å². The molecule has 2 heteroatoms. The lowest BCUT2D eigenvalue weighted by molar-refractivity contribution is 0.315. The lowest BCUT2D eigenvalue weighted by Gasteiger charge is -2.24. The van der Waals surface area contributed by atoms with Crippen molar-refractivity contribution < 1.29 is 0 Å². The normalized spacial score (nSPS) is 20.8. The van der Waals surface area contributed by atoms with Crippen molar-refractivity contribution in [1.82, 2.24) is 0 Å². The molecule has 0 aromatic heterocycles. The lowest BCUT2D eigenvalue weighted by atomic mass is 9.84. The highest BCUT2D eigenvalue weighted by atomic mass is 32.2. The minimum atomic E-state index is 0.458. The van der Waals surface area contributed by atoms with Crippen LogP contribution in [-0.2, 0) is 0 Å². The van der Waals surface area contributed by atoms with Crippen LogP contribution in [0.25, 0.3) is 0 Å². The minimum absolute atomic E-state index is 0.458. The molecule has 15 heavy (non-hydrogen) atoms. The van der Waals surface area contributed by atoms with Gasteiger partial charge in [-0.3, -0.25) is 0 Å². The number of hydrogen-bond donors (Lipinski definition) is 1. The van der Waals surface area contributed by atoms with Gasteiger partial charge in [0.25, 0.3) is 0 Å². The Labute approximate surface area is 99.6 Å². The zero-order chi connectivity index (χ0) is 11.1. The van der Waals surface area contributed by atoms with Crippen LogP contribution < -0.4 is 5.73 Å². The van der Waals surface area contributed by atoms with Crippen molar-refractivity contribution >= 4 is 11.8 Å². The van der Waals surface area contributed by atoms with E-state index < -0.39 is 0 Å². The van der Waals surface area contributed by atoms with E-state index in [1.807, 2.05) is 11.8 Å². The van der Waals surface area contributed by atoms with Gasteiger partial charge in [-0.15, -0.1) is 0 Å². The lowest BCUT2D eigenvalue weighted by Crippen LogP contribution is -2.25. The fourth-order valence-electron chi connectivity index (χ4n) is 2.42. The van der Waals surface area contributed by atoms with Crippen LogP contribution in [0.1, 0.15) is 58.8 Å². The quantitative estimate of drug-likeness (QED) is 0.749. The Hall–Kier alpha value is 0.310. The molecule has 0 bridgehead atoms. The second kappa shape index (κ2) is 7.56. The van der Waals surface area contributed by atoms with Gasteiger partial charge in [0.1, 0.15) is 0 Å². The van der Waals surface area contributed by atoms with Gasteiger partial charge in [0.2, 0.25) is 0 Å². The molecule has 1 aliphatic rings. The minimum Gasteiger partial charge on any atom is -0.328 e. The summed E-state index contributed by atoms with van der Waals surface area (Å²) in [6.45, 7) is 4.52. The molecule has 2 N–H and O–H groups in total. The molecule has 1 atom stereocenters. The first-order chi connectivity index (χ1) is 7.18. The van der Waals surface area contributed by atoms with Crippen molar-refractivity contribution in [2.75, 3.05) is 5.75 Å². The summed E-state index contributed by atoms with van der Waals surface area (Å²) < 4.78 is 0. The van der Waals surface area contributed by atoms with Gasteiger partial charge in [0.05, 0.1) is 0 Å². The van der Waals surface area contributed by atoms with Crippen molar-refractivity contribution in [2.45, 2.75) is 70.1 Å². The third-order valence-electron chi connectivity index (χ3n) is 3.30. The van der Waals surface area contributed by atoms with Gasteiger partial charge in [0, 0.05) is 6.04 Å². The molecule has 0 spiro atoms. The highest BCUT2D eigenvalue weighted by Crippen LogP contribution is 2.27. The Balaban J connectivity index is 2.03. The third kappa shape index (κ3) is 6.47. The molecule has 1 nitrogen and oxygen atoms in total. The molecule has 1 saturated carbocycles. The molecule has 0 radical (unpaired) electrons. The zero-order valence-electron chi connectivity index (χ0n) is 10.4. The summed E-state index contributed by atoms with van der Waals surface area (Å²) in [5.41, 5.74) is 6.18. The summed E-state index contributed by atoms with van der Waals surface area (Å²) in [5.74, 6) is 2.18. The fraction of sp³-hybridized carbons (Fsp3) is 1.00. The highest BCUT2D eigenvalue weighted by molar-refractivity contribution is 7.99. The summed E-state index contributed by atoms with van der Waals surface area (Å²) >= 11 is 2.04. The van der Waals surface area contributed by atoms with E-state index in [0.29, 0.717) is 6.04 Å². The molecule has 1 fully saturated rings. The van der Waals surface area contributed by atoms with Gasteiger partial charge in [-0.25, -0.2) is 0 Å². The largest absolute Gasteiger partial charge is 0.328 e. The second-order valence-corrected chi connectivity index (χ2v) is 6.89. The average molecular weight is 229 g/mol. The predicted molar refractivity (Wildman–Crippen MR) is 71.4 cm³/mol. The third-order valence-corrected chi connectivity index (χ3v) is 4.44. The van der Waals surface area contributed by atoms with E-state index in [1.165, 1.54) is 50.7 Å². The highest BCUT2D eigenvalue weighted by Gasteiger charge is 2.16.